The zero-order valence-corrected chi connectivity index (χ0v) is 22.3. The van der Waals surface area contributed by atoms with Gasteiger partial charge in [0.15, 0.2) is 12.1 Å². The van der Waals surface area contributed by atoms with Crippen LogP contribution >= 0.6 is 0 Å². The van der Waals surface area contributed by atoms with Crippen LogP contribution in [0.25, 0.3) is 11.1 Å². The molecule has 2 saturated carbocycles. The van der Waals surface area contributed by atoms with E-state index in [1.807, 2.05) is 0 Å². The molecule has 4 bridgehead atoms. The predicted octanol–water partition coefficient (Wildman–Crippen LogP) is 6.97. The van der Waals surface area contributed by atoms with Crippen LogP contribution in [0.3, 0.4) is 0 Å². The summed E-state index contributed by atoms with van der Waals surface area (Å²) in [6.07, 6.45) is 10.6. The lowest BCUT2D eigenvalue weighted by Gasteiger charge is -2.65. The molecule has 0 radical (unpaired) electrons. The first kappa shape index (κ1) is 23.2. The lowest BCUT2D eigenvalue weighted by Crippen LogP contribution is -2.62. The quantitative estimate of drug-likeness (QED) is 0.413. The summed E-state index contributed by atoms with van der Waals surface area (Å²) in [6, 6.07) is 21.5. The number of rotatable bonds is 5. The lowest BCUT2D eigenvalue weighted by atomic mass is 9.37. The molecule has 0 amide bonds. The Bertz CT molecular complexity index is 1380. The highest BCUT2D eigenvalue weighted by Crippen LogP contribution is 2.82. The minimum atomic E-state index is -0.475. The summed E-state index contributed by atoms with van der Waals surface area (Å²) in [6.45, 7) is 6.03. The van der Waals surface area contributed by atoms with Gasteiger partial charge < -0.3 is 9.47 Å². The number of hydrogen-bond acceptors (Lipinski definition) is 3. The normalized spacial score (nSPS) is 42.1. The van der Waals surface area contributed by atoms with Crippen LogP contribution in [0.2, 0.25) is 0 Å². The summed E-state index contributed by atoms with van der Waals surface area (Å²) in [4.78, 5) is 14.7. The average molecular weight is 505 g/mol. The maximum absolute atomic E-state index is 14.7. The van der Waals surface area contributed by atoms with Gasteiger partial charge in [0.25, 0.3) is 0 Å². The second-order valence-corrected chi connectivity index (χ2v) is 12.8. The minimum Gasteiger partial charge on any atom is -0.353 e. The molecular formula is C35H36O3. The maximum Gasteiger partial charge on any atom is 0.158 e. The van der Waals surface area contributed by atoms with Crippen molar-refractivity contribution in [1.29, 1.82) is 0 Å². The van der Waals surface area contributed by atoms with Crippen LogP contribution in [-0.4, -0.2) is 25.3 Å². The molecule has 38 heavy (non-hydrogen) atoms. The van der Waals surface area contributed by atoms with E-state index in [1.54, 1.807) is 0 Å². The van der Waals surface area contributed by atoms with Gasteiger partial charge in [0.1, 0.15) is 0 Å². The van der Waals surface area contributed by atoms with Crippen LogP contribution in [0.5, 0.6) is 0 Å². The van der Waals surface area contributed by atoms with Crippen LogP contribution in [0.4, 0.5) is 0 Å². The van der Waals surface area contributed by atoms with E-state index in [2.05, 4.69) is 92.7 Å². The van der Waals surface area contributed by atoms with Crippen molar-refractivity contribution in [3.05, 3.63) is 95.6 Å². The fourth-order valence-electron chi connectivity index (χ4n) is 9.86. The van der Waals surface area contributed by atoms with Crippen molar-refractivity contribution in [2.75, 3.05) is 13.2 Å². The van der Waals surface area contributed by atoms with Crippen LogP contribution in [0.1, 0.15) is 44.2 Å². The Kier molecular flexibility index (Phi) is 4.96. The first-order valence-electron chi connectivity index (χ1n) is 14.6. The highest BCUT2D eigenvalue weighted by molar-refractivity contribution is 6.23. The van der Waals surface area contributed by atoms with Gasteiger partial charge in [-0.1, -0.05) is 78.9 Å². The summed E-state index contributed by atoms with van der Waals surface area (Å²) in [5, 5.41) is 0. The number of Topliss-reactive ketones (excluding diaryl/α,β-unsaturated/α-hetero) is 1. The van der Waals surface area contributed by atoms with Gasteiger partial charge in [-0.15, -0.1) is 0 Å². The molecule has 0 spiro atoms. The third kappa shape index (κ3) is 2.79. The molecule has 3 fully saturated rings. The summed E-state index contributed by atoms with van der Waals surface area (Å²) in [7, 11) is 0. The Morgan fingerprint density at radius 1 is 0.842 bits per heavy atom. The number of allylic oxidation sites excluding steroid dienone is 5. The Balaban J connectivity index is 1.21. The van der Waals surface area contributed by atoms with Gasteiger partial charge in [-0.2, -0.15) is 0 Å². The molecule has 1 saturated heterocycles. The van der Waals surface area contributed by atoms with E-state index in [-0.39, 0.29) is 6.29 Å². The molecule has 9 atom stereocenters. The molecule has 0 unspecified atom stereocenters. The van der Waals surface area contributed by atoms with Gasteiger partial charge in [-0.25, -0.2) is 0 Å². The molecule has 9 rings (SSSR count). The van der Waals surface area contributed by atoms with E-state index in [0.717, 1.165) is 19.4 Å². The Morgan fingerprint density at radius 2 is 1.47 bits per heavy atom. The monoisotopic (exact) mass is 504 g/mol. The third-order valence-electron chi connectivity index (χ3n) is 11.2. The highest BCUT2D eigenvalue weighted by Gasteiger charge is 2.81. The molecule has 0 N–H and O–H groups in total. The van der Waals surface area contributed by atoms with Crippen molar-refractivity contribution in [3.8, 4) is 0 Å². The Labute approximate surface area is 225 Å². The molecule has 1 heterocycles. The molecule has 3 nitrogen and oxygen atoms in total. The molecule has 2 aromatic carbocycles. The summed E-state index contributed by atoms with van der Waals surface area (Å²) >= 11 is 0. The second-order valence-electron chi connectivity index (χ2n) is 12.8. The van der Waals surface area contributed by atoms with Crippen molar-refractivity contribution >= 4 is 16.9 Å². The van der Waals surface area contributed by atoms with Crippen molar-refractivity contribution in [2.24, 2.45) is 46.3 Å². The first-order chi connectivity index (χ1) is 18.5. The first-order valence-corrected chi connectivity index (χ1v) is 14.6. The van der Waals surface area contributed by atoms with E-state index >= 15 is 0 Å². The molecule has 1 aliphatic heterocycles. The second kappa shape index (κ2) is 8.13. The summed E-state index contributed by atoms with van der Waals surface area (Å²) in [5.74, 6) is 2.96. The third-order valence-corrected chi connectivity index (χ3v) is 11.2. The number of carbonyl (C=O) groups is 1. The number of fused-ring (bicyclic) bond motifs is 5. The fraction of sp³-hybridized carbons (Fsp3) is 0.457. The van der Waals surface area contributed by atoms with E-state index in [0.29, 0.717) is 47.9 Å². The topological polar surface area (TPSA) is 35.5 Å². The van der Waals surface area contributed by atoms with E-state index in [9.17, 15) is 4.79 Å². The SMILES string of the molecule is C[C@@]12C(=O)[C@@](C)(C(c3ccccc3)=C1c1ccccc1)[C@@H]1[C@H]3[C@@H]([C@H]4C=C[C@H]3C(CO[C@@H]3CCCCO3)=C4)[C@H]12. The van der Waals surface area contributed by atoms with Crippen molar-refractivity contribution < 1.29 is 14.3 Å². The summed E-state index contributed by atoms with van der Waals surface area (Å²) < 4.78 is 12.1. The van der Waals surface area contributed by atoms with Gasteiger partial charge in [0, 0.05) is 12.5 Å². The van der Waals surface area contributed by atoms with E-state index < -0.39 is 10.8 Å². The summed E-state index contributed by atoms with van der Waals surface area (Å²) in [5.41, 5.74) is 5.45. The molecular weight excluding hydrogens is 468 g/mol. The fourth-order valence-corrected chi connectivity index (χ4v) is 9.86. The number of ether oxygens (including phenoxy) is 2. The van der Waals surface area contributed by atoms with Gasteiger partial charge in [0.05, 0.1) is 17.4 Å². The smallest absolute Gasteiger partial charge is 0.158 e. The van der Waals surface area contributed by atoms with Crippen LogP contribution in [0, 0.1) is 46.3 Å². The van der Waals surface area contributed by atoms with Crippen LogP contribution < -0.4 is 0 Å². The number of ketones is 1. The molecule has 7 aliphatic rings. The van der Waals surface area contributed by atoms with Gasteiger partial charge >= 0.3 is 0 Å². The molecule has 0 aromatic heterocycles. The van der Waals surface area contributed by atoms with E-state index in [4.69, 9.17) is 9.47 Å². The number of benzene rings is 2. The Morgan fingerprint density at radius 3 is 2.08 bits per heavy atom. The predicted molar refractivity (Wildman–Crippen MR) is 149 cm³/mol. The zero-order valence-electron chi connectivity index (χ0n) is 22.3. The zero-order chi connectivity index (χ0) is 25.6. The molecule has 194 valence electrons. The molecule has 2 aromatic rings. The van der Waals surface area contributed by atoms with Gasteiger partial charge in [0.2, 0.25) is 0 Å². The van der Waals surface area contributed by atoms with Crippen LogP contribution in [-0.2, 0) is 14.3 Å². The van der Waals surface area contributed by atoms with Crippen LogP contribution in [0.15, 0.2) is 84.5 Å². The number of hydrogen-bond donors (Lipinski definition) is 0. The molecule has 6 aliphatic carbocycles. The lowest BCUT2D eigenvalue weighted by molar-refractivity contribution is -0.161. The largest absolute Gasteiger partial charge is 0.353 e. The van der Waals surface area contributed by atoms with Gasteiger partial charge in [-0.05, 0) is 90.5 Å². The van der Waals surface area contributed by atoms with Crippen molar-refractivity contribution in [1.82, 2.24) is 0 Å². The Hall–Kier alpha value is -2.75. The minimum absolute atomic E-state index is 0.0689. The highest BCUT2D eigenvalue weighted by atomic mass is 16.7. The van der Waals surface area contributed by atoms with Crippen molar-refractivity contribution in [2.45, 2.75) is 39.4 Å². The van der Waals surface area contributed by atoms with E-state index in [1.165, 1.54) is 34.3 Å². The average Bonchev–Trinajstić information content (AvgIpc) is 3.21. The van der Waals surface area contributed by atoms with Gasteiger partial charge in [-0.3, -0.25) is 4.79 Å². The maximum atomic E-state index is 14.7. The standard InChI is InChI=1S/C35H36O3/c1-34-29(21-11-5-3-6-12-21)30(22-13-7-4-8-14-22)35(2,33(34)36)32-28-25-17-16-23(27(28)31(32)34)19-24(25)20-38-26-15-9-10-18-37-26/h3-8,11-14,16-17,19,23,25-28,31-32H,9-10,15,18,20H2,1-2H3/t23-,25-,26+,27+,28+,31+,32+,34+,35-/m0/s1. The number of carbonyl (C=O) groups excluding carboxylic acids is 1. The van der Waals surface area contributed by atoms with Crippen molar-refractivity contribution in [3.63, 3.8) is 0 Å². The molecule has 3 heteroatoms.